The van der Waals surface area contributed by atoms with E-state index in [1.807, 2.05) is 0 Å². The van der Waals surface area contributed by atoms with Gasteiger partial charge in [-0.15, -0.1) is 0 Å². The summed E-state index contributed by atoms with van der Waals surface area (Å²) >= 11 is 0. The number of rotatable bonds is 2. The molecular formula is C22H18F7NO2. The number of hydrogen-bond donors (Lipinski definition) is 1. The third-order valence-corrected chi connectivity index (χ3v) is 6.04. The van der Waals surface area contributed by atoms with E-state index >= 15 is 0 Å². The second-order valence-electron chi connectivity index (χ2n) is 8.07. The second kappa shape index (κ2) is 7.47. The van der Waals surface area contributed by atoms with Crippen LogP contribution in [-0.4, -0.2) is 23.7 Å². The minimum Gasteiger partial charge on any atom is -0.374 e. The van der Waals surface area contributed by atoms with E-state index < -0.39 is 41.2 Å². The molecule has 0 saturated heterocycles. The van der Waals surface area contributed by atoms with Crippen LogP contribution in [0.5, 0.6) is 0 Å². The van der Waals surface area contributed by atoms with E-state index in [9.17, 15) is 40.6 Å². The fourth-order valence-corrected chi connectivity index (χ4v) is 4.27. The van der Waals surface area contributed by atoms with Crippen LogP contribution in [0.3, 0.4) is 0 Å². The maximum Gasteiger partial charge on any atom is 0.424 e. The smallest absolute Gasteiger partial charge is 0.374 e. The third kappa shape index (κ3) is 3.54. The largest absolute Gasteiger partial charge is 0.424 e. The monoisotopic (exact) mass is 461 g/mol. The van der Waals surface area contributed by atoms with Crippen LogP contribution in [0.15, 0.2) is 36.4 Å². The molecule has 1 amide bonds. The molecule has 0 bridgehead atoms. The van der Waals surface area contributed by atoms with E-state index in [0.29, 0.717) is 30.4 Å². The molecular weight excluding hydrogens is 443 g/mol. The van der Waals surface area contributed by atoms with Gasteiger partial charge in [-0.1, -0.05) is 12.1 Å². The molecule has 172 valence electrons. The average molecular weight is 461 g/mol. The molecule has 10 heteroatoms. The van der Waals surface area contributed by atoms with Gasteiger partial charge in [-0.2, -0.15) is 26.3 Å². The van der Waals surface area contributed by atoms with Gasteiger partial charge in [0.1, 0.15) is 0 Å². The highest BCUT2D eigenvalue weighted by atomic mass is 19.4. The number of nitrogens with zero attached hydrogens (tertiary/aromatic N) is 1. The summed E-state index contributed by atoms with van der Waals surface area (Å²) in [5.41, 5.74) is -4.29. The molecule has 2 aliphatic rings. The van der Waals surface area contributed by atoms with Gasteiger partial charge in [0.25, 0.3) is 0 Å². The highest BCUT2D eigenvalue weighted by Crippen LogP contribution is 2.60. The number of anilines is 1. The highest BCUT2D eigenvalue weighted by molar-refractivity contribution is 5.96. The summed E-state index contributed by atoms with van der Waals surface area (Å²) in [4.78, 5) is 14.3. The lowest BCUT2D eigenvalue weighted by atomic mass is 9.70. The van der Waals surface area contributed by atoms with Crippen molar-refractivity contribution < 1.29 is 40.6 Å². The van der Waals surface area contributed by atoms with Crippen LogP contribution in [0.2, 0.25) is 0 Å². The SMILES string of the molecule is O=C(Cc1ccc(C(F)(F)F)cc1)N1CCCCc2cc3c(cc21)[C@@H](F)C3(O)C(F)(F)F. The molecule has 1 N–H and O–H groups in total. The number of fused-ring (bicyclic) bond motifs is 2. The van der Waals surface area contributed by atoms with Crippen molar-refractivity contribution in [1.82, 2.24) is 0 Å². The van der Waals surface area contributed by atoms with E-state index in [-0.39, 0.29) is 24.2 Å². The van der Waals surface area contributed by atoms with Gasteiger partial charge >= 0.3 is 12.4 Å². The van der Waals surface area contributed by atoms with Crippen LogP contribution in [0, 0.1) is 0 Å². The van der Waals surface area contributed by atoms with E-state index in [2.05, 4.69) is 0 Å². The number of aryl methyl sites for hydroxylation is 1. The summed E-state index contributed by atoms with van der Waals surface area (Å²) < 4.78 is 92.3. The number of alkyl halides is 7. The van der Waals surface area contributed by atoms with Crippen molar-refractivity contribution in [3.8, 4) is 0 Å². The lowest BCUT2D eigenvalue weighted by Crippen LogP contribution is -2.53. The van der Waals surface area contributed by atoms with Crippen LogP contribution in [0.1, 0.15) is 46.8 Å². The lowest BCUT2D eigenvalue weighted by molar-refractivity contribution is -0.302. The van der Waals surface area contributed by atoms with Crippen LogP contribution < -0.4 is 4.90 Å². The Morgan fingerprint density at radius 3 is 2.31 bits per heavy atom. The number of hydrogen-bond acceptors (Lipinski definition) is 2. The van der Waals surface area contributed by atoms with Crippen LogP contribution in [0.4, 0.5) is 36.4 Å². The molecule has 1 unspecified atom stereocenters. The van der Waals surface area contributed by atoms with Crippen LogP contribution in [-0.2, 0) is 29.4 Å². The van der Waals surface area contributed by atoms with Gasteiger partial charge in [0.2, 0.25) is 11.5 Å². The Hall–Kier alpha value is -2.62. The molecule has 1 aliphatic carbocycles. The van der Waals surface area contributed by atoms with E-state index in [1.165, 1.54) is 23.1 Å². The van der Waals surface area contributed by atoms with Crippen molar-refractivity contribution in [2.75, 3.05) is 11.4 Å². The maximum atomic E-state index is 14.4. The standard InChI is InChI=1S/C22H18F7NO2/c23-19-15-11-17-13(10-16(15)20(19,32)22(27,28)29)3-1-2-8-30(17)18(31)9-12-4-6-14(7-5-12)21(24,25)26/h4-7,10-11,19,32H,1-3,8-9H2/t19-,20?/m1/s1. The number of benzene rings is 2. The Morgan fingerprint density at radius 2 is 1.72 bits per heavy atom. The normalized spacial score (nSPS) is 23.1. The van der Waals surface area contributed by atoms with Gasteiger partial charge in [-0.25, -0.2) is 4.39 Å². The Balaban J connectivity index is 1.63. The predicted molar refractivity (Wildman–Crippen MR) is 101 cm³/mol. The van der Waals surface area contributed by atoms with Crippen molar-refractivity contribution in [2.24, 2.45) is 0 Å². The molecule has 1 heterocycles. The Bertz CT molecular complexity index is 1050. The Kier molecular flexibility index (Phi) is 5.27. The van der Waals surface area contributed by atoms with Crippen molar-refractivity contribution >= 4 is 11.6 Å². The molecule has 0 fully saturated rings. The van der Waals surface area contributed by atoms with Gasteiger partial charge in [-0.05, 0) is 60.2 Å². The van der Waals surface area contributed by atoms with Gasteiger partial charge in [0.15, 0.2) is 6.17 Å². The molecule has 0 spiro atoms. The number of aliphatic hydroxyl groups is 1. The van der Waals surface area contributed by atoms with Crippen molar-refractivity contribution in [3.63, 3.8) is 0 Å². The Labute approximate surface area is 178 Å². The maximum absolute atomic E-state index is 14.4. The molecule has 4 rings (SSSR count). The molecule has 1 aliphatic heterocycles. The van der Waals surface area contributed by atoms with E-state index in [4.69, 9.17) is 0 Å². The quantitative estimate of drug-likeness (QED) is 0.610. The number of halogens is 7. The van der Waals surface area contributed by atoms with E-state index in [0.717, 1.165) is 18.2 Å². The molecule has 0 saturated carbocycles. The molecule has 3 nitrogen and oxygen atoms in total. The first-order valence-corrected chi connectivity index (χ1v) is 9.91. The number of amides is 1. The summed E-state index contributed by atoms with van der Waals surface area (Å²) in [5.74, 6) is -0.464. The number of carbonyl (C=O) groups is 1. The van der Waals surface area contributed by atoms with Crippen molar-refractivity contribution in [2.45, 2.75) is 49.8 Å². The van der Waals surface area contributed by atoms with E-state index in [1.54, 1.807) is 0 Å². The Morgan fingerprint density at radius 1 is 1.06 bits per heavy atom. The molecule has 32 heavy (non-hydrogen) atoms. The van der Waals surface area contributed by atoms with Crippen LogP contribution in [0.25, 0.3) is 0 Å². The number of carbonyl (C=O) groups excluding carboxylic acids is 1. The highest BCUT2D eigenvalue weighted by Gasteiger charge is 2.68. The van der Waals surface area contributed by atoms with Gasteiger partial charge in [-0.3, -0.25) is 4.79 Å². The van der Waals surface area contributed by atoms with Crippen LogP contribution >= 0.6 is 0 Å². The average Bonchev–Trinajstić information content (AvgIpc) is 2.93. The molecule has 0 radical (unpaired) electrons. The summed E-state index contributed by atoms with van der Waals surface area (Å²) in [5, 5.41) is 9.93. The second-order valence-corrected chi connectivity index (χ2v) is 8.07. The summed E-state index contributed by atoms with van der Waals surface area (Å²) in [6.45, 7) is 0.242. The fraction of sp³-hybridized carbons (Fsp3) is 0.409. The minimum atomic E-state index is -5.18. The van der Waals surface area contributed by atoms with Gasteiger partial charge < -0.3 is 10.0 Å². The first-order chi connectivity index (χ1) is 14.8. The predicted octanol–water partition coefficient (Wildman–Crippen LogP) is 5.39. The summed E-state index contributed by atoms with van der Waals surface area (Å²) in [6, 6.07) is 6.40. The molecule has 2 aromatic rings. The zero-order valence-electron chi connectivity index (χ0n) is 16.5. The third-order valence-electron chi connectivity index (χ3n) is 6.04. The minimum absolute atomic E-state index is 0.222. The van der Waals surface area contributed by atoms with Gasteiger partial charge in [0, 0.05) is 17.8 Å². The first kappa shape index (κ1) is 22.6. The lowest BCUT2D eigenvalue weighted by Gasteiger charge is -2.44. The van der Waals surface area contributed by atoms with Gasteiger partial charge in [0.05, 0.1) is 12.0 Å². The topological polar surface area (TPSA) is 40.5 Å². The molecule has 2 atom stereocenters. The van der Waals surface area contributed by atoms with Crippen molar-refractivity contribution in [3.05, 3.63) is 64.2 Å². The first-order valence-electron chi connectivity index (χ1n) is 9.91. The summed E-state index contributed by atoms with van der Waals surface area (Å²) in [6.07, 6.45) is -11.1. The molecule has 2 aromatic carbocycles. The zero-order chi connectivity index (χ0) is 23.5. The summed E-state index contributed by atoms with van der Waals surface area (Å²) in [7, 11) is 0. The fourth-order valence-electron chi connectivity index (χ4n) is 4.27. The van der Waals surface area contributed by atoms with Crippen molar-refractivity contribution in [1.29, 1.82) is 0 Å². The molecule has 0 aromatic heterocycles. The zero-order valence-corrected chi connectivity index (χ0v) is 16.5.